The molecule has 16 heavy (non-hydrogen) atoms. The topological polar surface area (TPSA) is 18.5 Å². The molecule has 0 radical (unpaired) electrons. The van der Waals surface area contributed by atoms with Gasteiger partial charge in [0.1, 0.15) is 0 Å². The van der Waals surface area contributed by atoms with Crippen molar-refractivity contribution in [2.45, 2.75) is 45.8 Å². The number of methoxy groups -OCH3 is 2. The molecule has 1 atom stereocenters. The minimum atomic E-state index is -0.0737. The highest BCUT2D eigenvalue weighted by Crippen LogP contribution is 2.13. The Kier molecular flexibility index (Phi) is 9.25. The summed E-state index contributed by atoms with van der Waals surface area (Å²) in [5, 5.41) is 0. The van der Waals surface area contributed by atoms with Crippen LogP contribution in [-0.4, -0.2) is 20.5 Å². The van der Waals surface area contributed by atoms with Crippen molar-refractivity contribution < 1.29 is 9.47 Å². The lowest BCUT2D eigenvalue weighted by atomic mass is 10.0. The molecule has 0 bridgehead atoms. The molecule has 0 rings (SSSR count). The van der Waals surface area contributed by atoms with Gasteiger partial charge in [-0.25, -0.2) is 0 Å². The molecule has 0 aliphatic heterocycles. The van der Waals surface area contributed by atoms with Crippen LogP contribution in [0.3, 0.4) is 0 Å². The summed E-state index contributed by atoms with van der Waals surface area (Å²) in [4.78, 5) is 0. The molecule has 0 amide bonds. The zero-order valence-corrected chi connectivity index (χ0v) is 11.2. The van der Waals surface area contributed by atoms with Crippen LogP contribution in [0.5, 0.6) is 0 Å². The Bertz CT molecular complexity index is 205. The lowest BCUT2D eigenvalue weighted by molar-refractivity contribution is -0.105. The predicted octanol–water partition coefficient (Wildman–Crippen LogP) is 3.93. The Morgan fingerprint density at radius 3 is 2.38 bits per heavy atom. The quantitative estimate of drug-likeness (QED) is 0.438. The van der Waals surface area contributed by atoms with E-state index < -0.39 is 0 Å². The normalized spacial score (nSPS) is 14.2. The van der Waals surface area contributed by atoms with Crippen molar-refractivity contribution in [3.63, 3.8) is 0 Å². The Hall–Kier alpha value is -0.600. The van der Waals surface area contributed by atoms with Gasteiger partial charge in [0.2, 0.25) is 0 Å². The molecule has 2 nitrogen and oxygen atoms in total. The SMILES string of the molecule is C=CC(C)CCC=C(C)CCC(OC)OC. The van der Waals surface area contributed by atoms with Crippen LogP contribution in [0, 0.1) is 5.92 Å². The van der Waals surface area contributed by atoms with Gasteiger partial charge < -0.3 is 9.47 Å². The number of hydrogen-bond acceptors (Lipinski definition) is 2. The van der Waals surface area contributed by atoms with E-state index in [0.29, 0.717) is 5.92 Å². The third-order valence-corrected chi connectivity index (χ3v) is 2.82. The first-order valence-corrected chi connectivity index (χ1v) is 5.97. The molecule has 2 heteroatoms. The molecule has 1 unspecified atom stereocenters. The summed E-state index contributed by atoms with van der Waals surface area (Å²) >= 11 is 0. The molecule has 0 heterocycles. The van der Waals surface area contributed by atoms with Crippen LogP contribution >= 0.6 is 0 Å². The first kappa shape index (κ1) is 15.4. The second kappa shape index (κ2) is 9.61. The maximum absolute atomic E-state index is 5.15. The van der Waals surface area contributed by atoms with Gasteiger partial charge in [-0.1, -0.05) is 24.6 Å². The van der Waals surface area contributed by atoms with Gasteiger partial charge in [-0.15, -0.1) is 6.58 Å². The van der Waals surface area contributed by atoms with E-state index in [1.165, 1.54) is 12.0 Å². The number of hydrogen-bond donors (Lipinski definition) is 0. The molecule has 0 saturated heterocycles. The van der Waals surface area contributed by atoms with Gasteiger partial charge in [0.05, 0.1) is 0 Å². The van der Waals surface area contributed by atoms with Crippen LogP contribution in [0.25, 0.3) is 0 Å². The van der Waals surface area contributed by atoms with Gasteiger partial charge in [-0.2, -0.15) is 0 Å². The largest absolute Gasteiger partial charge is 0.356 e. The summed E-state index contributed by atoms with van der Waals surface area (Å²) in [5.74, 6) is 0.606. The van der Waals surface area contributed by atoms with Crippen LogP contribution in [0.15, 0.2) is 24.3 Å². The summed E-state index contributed by atoms with van der Waals surface area (Å²) < 4.78 is 10.3. The Morgan fingerprint density at radius 1 is 1.25 bits per heavy atom. The van der Waals surface area contributed by atoms with Crippen molar-refractivity contribution in [1.82, 2.24) is 0 Å². The van der Waals surface area contributed by atoms with E-state index in [9.17, 15) is 0 Å². The Morgan fingerprint density at radius 2 is 1.88 bits per heavy atom. The molecule has 0 aromatic heterocycles. The predicted molar refractivity (Wildman–Crippen MR) is 69.4 cm³/mol. The van der Waals surface area contributed by atoms with E-state index in [1.807, 2.05) is 6.08 Å². The average molecular weight is 226 g/mol. The van der Waals surface area contributed by atoms with Crippen molar-refractivity contribution >= 4 is 0 Å². The van der Waals surface area contributed by atoms with Gasteiger partial charge in [0.25, 0.3) is 0 Å². The van der Waals surface area contributed by atoms with Crippen molar-refractivity contribution in [3.8, 4) is 0 Å². The second-order valence-electron chi connectivity index (χ2n) is 4.28. The molecule has 0 N–H and O–H groups in total. The average Bonchev–Trinajstić information content (AvgIpc) is 2.30. The molecular formula is C14H26O2. The third kappa shape index (κ3) is 7.66. The molecule has 0 saturated carbocycles. The molecule has 0 aromatic rings. The van der Waals surface area contributed by atoms with Gasteiger partial charge in [0, 0.05) is 20.6 Å². The molecule has 94 valence electrons. The Balaban J connectivity index is 3.74. The fraction of sp³-hybridized carbons (Fsp3) is 0.714. The first-order valence-electron chi connectivity index (χ1n) is 5.97. The monoisotopic (exact) mass is 226 g/mol. The van der Waals surface area contributed by atoms with Crippen molar-refractivity contribution in [1.29, 1.82) is 0 Å². The lowest BCUT2D eigenvalue weighted by Crippen LogP contribution is -2.12. The zero-order valence-electron chi connectivity index (χ0n) is 11.2. The van der Waals surface area contributed by atoms with E-state index in [1.54, 1.807) is 14.2 Å². The number of rotatable bonds is 9. The maximum Gasteiger partial charge on any atom is 0.157 e. The van der Waals surface area contributed by atoms with Gasteiger partial charge >= 0.3 is 0 Å². The summed E-state index contributed by atoms with van der Waals surface area (Å²) in [7, 11) is 3.36. The summed E-state index contributed by atoms with van der Waals surface area (Å²) in [5.41, 5.74) is 1.41. The van der Waals surface area contributed by atoms with Crippen molar-refractivity contribution in [3.05, 3.63) is 24.3 Å². The van der Waals surface area contributed by atoms with E-state index in [-0.39, 0.29) is 6.29 Å². The summed E-state index contributed by atoms with van der Waals surface area (Å²) in [6, 6.07) is 0. The molecule has 0 fully saturated rings. The van der Waals surface area contributed by atoms with E-state index in [0.717, 1.165) is 19.3 Å². The summed E-state index contributed by atoms with van der Waals surface area (Å²) in [6.07, 6.45) is 8.51. The highest BCUT2D eigenvalue weighted by atomic mass is 16.7. The smallest absolute Gasteiger partial charge is 0.157 e. The molecule has 0 spiro atoms. The van der Waals surface area contributed by atoms with E-state index >= 15 is 0 Å². The van der Waals surface area contributed by atoms with Gasteiger partial charge in [0.15, 0.2) is 6.29 Å². The molecule has 0 aliphatic carbocycles. The molecule has 0 aliphatic rings. The third-order valence-electron chi connectivity index (χ3n) is 2.82. The fourth-order valence-electron chi connectivity index (χ4n) is 1.49. The number of allylic oxidation sites excluding steroid dienone is 3. The lowest BCUT2D eigenvalue weighted by Gasteiger charge is -2.13. The van der Waals surface area contributed by atoms with E-state index in [4.69, 9.17) is 9.47 Å². The van der Waals surface area contributed by atoms with Crippen LogP contribution < -0.4 is 0 Å². The maximum atomic E-state index is 5.15. The van der Waals surface area contributed by atoms with Gasteiger partial charge in [-0.3, -0.25) is 0 Å². The summed E-state index contributed by atoms with van der Waals surface area (Å²) in [6.45, 7) is 8.15. The minimum absolute atomic E-state index is 0.0737. The van der Waals surface area contributed by atoms with Crippen LogP contribution in [0.4, 0.5) is 0 Å². The van der Waals surface area contributed by atoms with Gasteiger partial charge in [-0.05, 0) is 32.1 Å². The number of ether oxygens (including phenoxy) is 2. The Labute approximate surface area is 100 Å². The van der Waals surface area contributed by atoms with Crippen LogP contribution in [0.1, 0.15) is 39.5 Å². The van der Waals surface area contributed by atoms with Crippen LogP contribution in [-0.2, 0) is 9.47 Å². The highest BCUT2D eigenvalue weighted by Gasteiger charge is 2.04. The fourth-order valence-corrected chi connectivity index (χ4v) is 1.49. The minimum Gasteiger partial charge on any atom is -0.356 e. The first-order chi connectivity index (χ1) is 7.63. The van der Waals surface area contributed by atoms with Crippen molar-refractivity contribution in [2.24, 2.45) is 5.92 Å². The standard InChI is InChI=1S/C14H26O2/c1-6-12(2)8-7-9-13(3)10-11-14(15-4)16-5/h6,9,12,14H,1,7-8,10-11H2,2-5H3. The van der Waals surface area contributed by atoms with Crippen molar-refractivity contribution in [2.75, 3.05) is 14.2 Å². The second-order valence-corrected chi connectivity index (χ2v) is 4.28. The highest BCUT2D eigenvalue weighted by molar-refractivity contribution is 4.98. The van der Waals surface area contributed by atoms with Crippen LogP contribution in [0.2, 0.25) is 0 Å². The zero-order chi connectivity index (χ0) is 12.4. The van der Waals surface area contributed by atoms with E-state index in [2.05, 4.69) is 26.5 Å². The molecular weight excluding hydrogens is 200 g/mol. The molecule has 0 aromatic carbocycles.